The Morgan fingerprint density at radius 3 is 2.47 bits per heavy atom. The lowest BCUT2D eigenvalue weighted by atomic mass is 10.0. The maximum absolute atomic E-state index is 13.7. The minimum Gasteiger partial charge on any atom is -0.207 e. The van der Waals surface area contributed by atoms with Gasteiger partial charge in [0, 0.05) is 16.5 Å². The summed E-state index contributed by atoms with van der Waals surface area (Å²) in [7, 11) is 0. The lowest BCUT2D eigenvalue weighted by Crippen LogP contribution is -2.01. The van der Waals surface area contributed by atoms with Crippen molar-refractivity contribution in [2.75, 3.05) is 0 Å². The first-order valence-corrected chi connectivity index (χ1v) is 6.73. The number of hydrogen-bond acceptors (Lipinski definition) is 0. The Balaban J connectivity index is 2.25. The van der Waals surface area contributed by atoms with Gasteiger partial charge >= 0.3 is 0 Å². The van der Waals surface area contributed by atoms with Gasteiger partial charge in [0.1, 0.15) is 17.5 Å². The highest BCUT2D eigenvalue weighted by molar-refractivity contribution is 9.09. The van der Waals surface area contributed by atoms with Crippen LogP contribution in [0.4, 0.5) is 13.2 Å². The molecule has 2 aromatic carbocycles. The van der Waals surface area contributed by atoms with Gasteiger partial charge in [0.05, 0.1) is 0 Å². The molecule has 0 aliphatic heterocycles. The number of alkyl halides is 1. The van der Waals surface area contributed by atoms with Crippen molar-refractivity contribution in [2.24, 2.45) is 0 Å². The summed E-state index contributed by atoms with van der Waals surface area (Å²) < 4.78 is 40.0. The predicted octanol–water partition coefficient (Wildman–Crippen LogP) is 5.09. The molecule has 1 atom stereocenters. The summed E-state index contributed by atoms with van der Waals surface area (Å²) in [5.74, 6) is -1.49. The first kappa shape index (κ1) is 14.1. The maximum Gasteiger partial charge on any atom is 0.130 e. The standard InChI is InChI=1S/C15H12BrF3/c1-9-5-12(15(19)8-14(9)18)13(16)7-10-3-2-4-11(17)6-10/h2-6,8,13H,7H2,1H3. The van der Waals surface area contributed by atoms with E-state index < -0.39 is 11.6 Å². The van der Waals surface area contributed by atoms with Gasteiger partial charge in [0.2, 0.25) is 0 Å². The quantitative estimate of drug-likeness (QED) is 0.688. The van der Waals surface area contributed by atoms with E-state index in [0.717, 1.165) is 11.6 Å². The van der Waals surface area contributed by atoms with Gasteiger partial charge in [-0.05, 0) is 42.7 Å². The highest BCUT2D eigenvalue weighted by atomic mass is 79.9. The molecule has 0 bridgehead atoms. The second-order valence-electron chi connectivity index (χ2n) is 4.42. The smallest absolute Gasteiger partial charge is 0.130 e. The Bertz CT molecular complexity index is 596. The van der Waals surface area contributed by atoms with Crippen LogP contribution in [0.3, 0.4) is 0 Å². The van der Waals surface area contributed by atoms with Gasteiger partial charge in [-0.1, -0.05) is 28.1 Å². The zero-order valence-corrected chi connectivity index (χ0v) is 11.8. The second-order valence-corrected chi connectivity index (χ2v) is 5.53. The van der Waals surface area contributed by atoms with Crippen molar-refractivity contribution in [3.8, 4) is 0 Å². The monoisotopic (exact) mass is 328 g/mol. The summed E-state index contributed by atoms with van der Waals surface area (Å²) in [6, 6.07) is 8.49. The molecule has 100 valence electrons. The fourth-order valence-electron chi connectivity index (χ4n) is 1.90. The van der Waals surface area contributed by atoms with Crippen LogP contribution < -0.4 is 0 Å². The van der Waals surface area contributed by atoms with Gasteiger partial charge in [0.15, 0.2) is 0 Å². The molecule has 4 heteroatoms. The van der Waals surface area contributed by atoms with E-state index in [2.05, 4.69) is 15.9 Å². The zero-order chi connectivity index (χ0) is 14.0. The molecule has 2 rings (SSSR count). The fraction of sp³-hybridized carbons (Fsp3) is 0.200. The van der Waals surface area contributed by atoms with Crippen LogP contribution in [0, 0.1) is 24.4 Å². The number of rotatable bonds is 3. The van der Waals surface area contributed by atoms with Crippen molar-refractivity contribution in [1.29, 1.82) is 0 Å². The van der Waals surface area contributed by atoms with Gasteiger partial charge in [-0.15, -0.1) is 0 Å². The van der Waals surface area contributed by atoms with Crippen LogP contribution in [0.15, 0.2) is 36.4 Å². The molecule has 0 fully saturated rings. The van der Waals surface area contributed by atoms with E-state index in [4.69, 9.17) is 0 Å². The van der Waals surface area contributed by atoms with Crippen LogP contribution in [0.2, 0.25) is 0 Å². The Labute approximate surface area is 118 Å². The Kier molecular flexibility index (Phi) is 4.30. The molecule has 0 amide bonds. The molecule has 0 radical (unpaired) electrons. The summed E-state index contributed by atoms with van der Waals surface area (Å²) in [4.78, 5) is -0.325. The summed E-state index contributed by atoms with van der Waals surface area (Å²) in [6.07, 6.45) is 0.430. The van der Waals surface area contributed by atoms with Gasteiger partial charge in [-0.2, -0.15) is 0 Å². The average molecular weight is 329 g/mol. The molecule has 1 unspecified atom stereocenters. The van der Waals surface area contributed by atoms with Crippen LogP contribution in [0.5, 0.6) is 0 Å². The minimum atomic E-state index is -0.596. The maximum atomic E-state index is 13.7. The minimum absolute atomic E-state index is 0.325. The molecule has 0 saturated heterocycles. The lowest BCUT2D eigenvalue weighted by Gasteiger charge is -2.13. The van der Waals surface area contributed by atoms with E-state index >= 15 is 0 Å². The van der Waals surface area contributed by atoms with Gasteiger partial charge in [-0.25, -0.2) is 13.2 Å². The third-order valence-corrected chi connectivity index (χ3v) is 3.74. The van der Waals surface area contributed by atoms with Crippen molar-refractivity contribution >= 4 is 15.9 Å². The average Bonchev–Trinajstić information content (AvgIpc) is 2.33. The van der Waals surface area contributed by atoms with E-state index in [0.29, 0.717) is 17.5 Å². The van der Waals surface area contributed by atoms with Crippen molar-refractivity contribution in [3.63, 3.8) is 0 Å². The molecule has 0 aliphatic rings. The highest BCUT2D eigenvalue weighted by Gasteiger charge is 2.16. The molecule has 0 nitrogen and oxygen atoms in total. The van der Waals surface area contributed by atoms with Gasteiger partial charge in [-0.3, -0.25) is 0 Å². The van der Waals surface area contributed by atoms with E-state index in [1.54, 1.807) is 19.1 Å². The largest absolute Gasteiger partial charge is 0.207 e. The highest BCUT2D eigenvalue weighted by Crippen LogP contribution is 2.30. The van der Waals surface area contributed by atoms with Crippen molar-refractivity contribution in [1.82, 2.24) is 0 Å². The number of aryl methyl sites for hydroxylation is 1. The molecule has 0 saturated carbocycles. The van der Waals surface area contributed by atoms with E-state index in [1.807, 2.05) is 0 Å². The first-order chi connectivity index (χ1) is 8.97. The predicted molar refractivity (Wildman–Crippen MR) is 72.9 cm³/mol. The topological polar surface area (TPSA) is 0 Å². The van der Waals surface area contributed by atoms with Crippen LogP contribution in [-0.2, 0) is 6.42 Å². The molecular weight excluding hydrogens is 317 g/mol. The molecule has 0 heterocycles. The van der Waals surface area contributed by atoms with Crippen molar-refractivity contribution < 1.29 is 13.2 Å². The van der Waals surface area contributed by atoms with Crippen molar-refractivity contribution in [3.05, 3.63) is 70.5 Å². The van der Waals surface area contributed by atoms with Gasteiger partial charge in [0.25, 0.3) is 0 Å². The first-order valence-electron chi connectivity index (χ1n) is 5.81. The van der Waals surface area contributed by atoms with Crippen molar-refractivity contribution in [2.45, 2.75) is 18.2 Å². The van der Waals surface area contributed by atoms with Crippen LogP contribution in [0.1, 0.15) is 21.5 Å². The summed E-state index contributed by atoms with van der Waals surface area (Å²) >= 11 is 3.37. The lowest BCUT2D eigenvalue weighted by molar-refractivity contribution is 0.565. The number of hydrogen-bond donors (Lipinski definition) is 0. The molecule has 0 spiro atoms. The Hall–Kier alpha value is -1.29. The molecule has 0 aromatic heterocycles. The zero-order valence-electron chi connectivity index (χ0n) is 10.3. The van der Waals surface area contributed by atoms with E-state index in [-0.39, 0.29) is 10.6 Å². The third kappa shape index (κ3) is 3.38. The van der Waals surface area contributed by atoms with E-state index in [1.165, 1.54) is 18.2 Å². The van der Waals surface area contributed by atoms with Crippen LogP contribution >= 0.6 is 15.9 Å². The number of benzene rings is 2. The SMILES string of the molecule is Cc1cc(C(Br)Cc2cccc(F)c2)c(F)cc1F. The van der Waals surface area contributed by atoms with Crippen LogP contribution in [-0.4, -0.2) is 0 Å². The second kappa shape index (κ2) is 5.78. The fourth-order valence-corrected chi connectivity index (χ4v) is 2.63. The molecular formula is C15H12BrF3. The number of halogens is 4. The summed E-state index contributed by atoms with van der Waals surface area (Å²) in [6.45, 7) is 1.58. The third-order valence-electron chi connectivity index (χ3n) is 2.92. The molecule has 0 aliphatic carbocycles. The molecule has 0 N–H and O–H groups in total. The van der Waals surface area contributed by atoms with E-state index in [9.17, 15) is 13.2 Å². The summed E-state index contributed by atoms with van der Waals surface area (Å²) in [5, 5.41) is 0. The Morgan fingerprint density at radius 1 is 1.05 bits per heavy atom. The Morgan fingerprint density at radius 2 is 1.79 bits per heavy atom. The van der Waals surface area contributed by atoms with Crippen LogP contribution in [0.25, 0.3) is 0 Å². The normalized spacial score (nSPS) is 12.5. The summed E-state index contributed by atoms with van der Waals surface area (Å²) in [5.41, 5.74) is 1.52. The molecule has 19 heavy (non-hydrogen) atoms. The van der Waals surface area contributed by atoms with Gasteiger partial charge < -0.3 is 0 Å². The molecule has 2 aromatic rings.